The number of carboxylic acids is 1. The van der Waals surface area contributed by atoms with Gasteiger partial charge in [-0.3, -0.25) is 0 Å². The van der Waals surface area contributed by atoms with Crippen LogP contribution in [0.25, 0.3) is 0 Å². The molecule has 0 fully saturated rings. The number of aromatic carboxylic acids is 1. The maximum atomic E-state index is 11.8. The third-order valence-corrected chi connectivity index (χ3v) is 2.51. The van der Waals surface area contributed by atoms with Gasteiger partial charge in [-0.05, 0) is 24.3 Å². The molecule has 1 aromatic carbocycles. The number of carbonyl (C=O) groups is 2. The third kappa shape index (κ3) is 6.19. The van der Waals surface area contributed by atoms with Crippen LogP contribution in [0, 0.1) is 0 Å². The summed E-state index contributed by atoms with van der Waals surface area (Å²) >= 11 is 0. The first-order chi connectivity index (χ1) is 10.6. The molecule has 0 atom stereocenters. The quantitative estimate of drug-likeness (QED) is 0.404. The van der Waals surface area contributed by atoms with E-state index in [1.165, 1.54) is 24.3 Å². The number of aliphatic hydroxyl groups is 2. The van der Waals surface area contributed by atoms with Crippen LogP contribution < -0.4 is 0 Å². The number of esters is 1. The van der Waals surface area contributed by atoms with Gasteiger partial charge in [-0.25, -0.2) is 9.59 Å². The lowest BCUT2D eigenvalue weighted by atomic mass is 10.1. The SMILES string of the molecule is O=C(O)c1ccc(C(=O)OCC(OCCO)OCCO)cc1. The van der Waals surface area contributed by atoms with Gasteiger partial charge in [0.05, 0.1) is 37.6 Å². The van der Waals surface area contributed by atoms with Crippen LogP contribution in [-0.2, 0) is 14.2 Å². The Morgan fingerprint density at radius 3 is 1.91 bits per heavy atom. The lowest BCUT2D eigenvalue weighted by Gasteiger charge is -2.17. The maximum Gasteiger partial charge on any atom is 0.338 e. The van der Waals surface area contributed by atoms with Crippen LogP contribution in [0.4, 0.5) is 0 Å². The molecule has 1 aromatic rings. The summed E-state index contributed by atoms with van der Waals surface area (Å²) in [5.74, 6) is -1.75. The number of carbonyl (C=O) groups excluding carboxylic acids is 1. The molecule has 22 heavy (non-hydrogen) atoms. The van der Waals surface area contributed by atoms with Crippen molar-refractivity contribution in [3.05, 3.63) is 35.4 Å². The van der Waals surface area contributed by atoms with Gasteiger partial charge in [-0.15, -0.1) is 0 Å². The molecule has 0 aromatic heterocycles. The Balaban J connectivity index is 2.52. The molecule has 1 rings (SSSR count). The number of hydrogen-bond donors (Lipinski definition) is 3. The summed E-state index contributed by atoms with van der Waals surface area (Å²) in [5, 5.41) is 26.1. The van der Waals surface area contributed by atoms with Crippen molar-refractivity contribution in [1.29, 1.82) is 0 Å². The standard InChI is InChI=1S/C14H18O8/c15-5-7-20-12(21-8-6-16)9-22-14(19)11-3-1-10(2-4-11)13(17)18/h1-4,12,15-16H,5-9H2,(H,17,18). The Kier molecular flexibility index (Phi) is 8.08. The molecule has 122 valence electrons. The molecule has 0 aliphatic heterocycles. The Hall–Kier alpha value is -2.00. The van der Waals surface area contributed by atoms with Gasteiger partial charge in [0.25, 0.3) is 0 Å². The van der Waals surface area contributed by atoms with Crippen LogP contribution in [0.1, 0.15) is 20.7 Å². The Labute approximate surface area is 126 Å². The highest BCUT2D eigenvalue weighted by atomic mass is 16.7. The molecule has 0 spiro atoms. The van der Waals surface area contributed by atoms with E-state index in [0.717, 1.165) is 0 Å². The molecule has 0 heterocycles. The first-order valence-electron chi connectivity index (χ1n) is 6.54. The van der Waals surface area contributed by atoms with Crippen LogP contribution in [-0.4, -0.2) is 66.6 Å². The van der Waals surface area contributed by atoms with Gasteiger partial charge in [0.2, 0.25) is 0 Å². The van der Waals surface area contributed by atoms with Gasteiger partial charge in [0.1, 0.15) is 6.61 Å². The van der Waals surface area contributed by atoms with Gasteiger partial charge < -0.3 is 29.5 Å². The normalized spacial score (nSPS) is 10.7. The fourth-order valence-electron chi connectivity index (χ4n) is 1.49. The maximum absolute atomic E-state index is 11.8. The number of benzene rings is 1. The second kappa shape index (κ2) is 9.85. The van der Waals surface area contributed by atoms with E-state index in [0.29, 0.717) is 0 Å². The zero-order valence-corrected chi connectivity index (χ0v) is 11.8. The second-order valence-corrected chi connectivity index (χ2v) is 4.10. The van der Waals surface area contributed by atoms with E-state index in [1.54, 1.807) is 0 Å². The fraction of sp³-hybridized carbons (Fsp3) is 0.429. The summed E-state index contributed by atoms with van der Waals surface area (Å²) in [7, 11) is 0. The molecule has 0 amide bonds. The highest BCUT2D eigenvalue weighted by Gasteiger charge is 2.14. The van der Waals surface area contributed by atoms with E-state index in [4.69, 9.17) is 29.5 Å². The van der Waals surface area contributed by atoms with Crippen LogP contribution in [0.15, 0.2) is 24.3 Å². The second-order valence-electron chi connectivity index (χ2n) is 4.10. The molecule has 3 N–H and O–H groups in total. The molecular formula is C14H18O8. The van der Waals surface area contributed by atoms with Crippen molar-refractivity contribution in [2.24, 2.45) is 0 Å². The summed E-state index contributed by atoms with van der Waals surface area (Å²) in [6.45, 7) is -0.658. The molecule has 0 aliphatic rings. The molecule has 0 bridgehead atoms. The van der Waals surface area contributed by atoms with Crippen LogP contribution in [0.5, 0.6) is 0 Å². The summed E-state index contributed by atoms with van der Waals surface area (Å²) < 4.78 is 15.2. The number of rotatable bonds is 10. The van der Waals surface area contributed by atoms with Gasteiger partial charge >= 0.3 is 11.9 Å². The van der Waals surface area contributed by atoms with Crippen molar-refractivity contribution >= 4 is 11.9 Å². The van der Waals surface area contributed by atoms with Crippen LogP contribution >= 0.6 is 0 Å². The summed E-state index contributed by atoms with van der Waals surface area (Å²) in [6, 6.07) is 5.26. The third-order valence-electron chi connectivity index (χ3n) is 2.51. The lowest BCUT2D eigenvalue weighted by Crippen LogP contribution is -2.27. The van der Waals surface area contributed by atoms with E-state index >= 15 is 0 Å². The van der Waals surface area contributed by atoms with Gasteiger partial charge in [0, 0.05) is 0 Å². The van der Waals surface area contributed by atoms with Crippen molar-refractivity contribution in [2.75, 3.05) is 33.0 Å². The van der Waals surface area contributed by atoms with Crippen molar-refractivity contribution in [1.82, 2.24) is 0 Å². The van der Waals surface area contributed by atoms with Gasteiger partial charge in [-0.2, -0.15) is 0 Å². The molecule has 0 saturated carbocycles. The Morgan fingerprint density at radius 2 is 1.45 bits per heavy atom. The van der Waals surface area contributed by atoms with E-state index in [1.807, 2.05) is 0 Å². The average molecular weight is 314 g/mol. The zero-order valence-electron chi connectivity index (χ0n) is 11.8. The van der Waals surface area contributed by atoms with Crippen molar-refractivity contribution in [2.45, 2.75) is 6.29 Å². The minimum atomic E-state index is -1.09. The van der Waals surface area contributed by atoms with E-state index in [-0.39, 0.29) is 44.2 Å². The van der Waals surface area contributed by atoms with Crippen molar-refractivity contribution in [3.8, 4) is 0 Å². The van der Waals surface area contributed by atoms with Crippen molar-refractivity contribution < 1.29 is 39.1 Å². The number of hydrogen-bond acceptors (Lipinski definition) is 7. The molecule has 8 heteroatoms. The minimum absolute atomic E-state index is 0.000947. The van der Waals surface area contributed by atoms with Gasteiger partial charge in [-0.1, -0.05) is 0 Å². The average Bonchev–Trinajstić information content (AvgIpc) is 2.54. The number of carboxylic acid groups (broad SMARTS) is 1. The predicted molar refractivity (Wildman–Crippen MR) is 73.5 cm³/mol. The van der Waals surface area contributed by atoms with Crippen LogP contribution in [0.2, 0.25) is 0 Å². The fourth-order valence-corrected chi connectivity index (χ4v) is 1.49. The monoisotopic (exact) mass is 314 g/mol. The van der Waals surface area contributed by atoms with Crippen molar-refractivity contribution in [3.63, 3.8) is 0 Å². The minimum Gasteiger partial charge on any atom is -0.478 e. The Morgan fingerprint density at radius 1 is 0.955 bits per heavy atom. The summed E-state index contributed by atoms with van der Waals surface area (Å²) in [4.78, 5) is 22.5. The largest absolute Gasteiger partial charge is 0.478 e. The number of aliphatic hydroxyl groups excluding tert-OH is 2. The van der Waals surface area contributed by atoms with Gasteiger partial charge in [0.15, 0.2) is 6.29 Å². The molecule has 0 unspecified atom stereocenters. The van der Waals surface area contributed by atoms with E-state index in [9.17, 15) is 9.59 Å². The zero-order chi connectivity index (χ0) is 16.4. The molecule has 0 saturated heterocycles. The topological polar surface area (TPSA) is 123 Å². The molecule has 8 nitrogen and oxygen atoms in total. The number of ether oxygens (including phenoxy) is 3. The first kappa shape index (κ1) is 18.1. The summed E-state index contributed by atoms with van der Waals surface area (Å²) in [5.41, 5.74) is 0.250. The van der Waals surface area contributed by atoms with Crippen LogP contribution in [0.3, 0.4) is 0 Å². The lowest BCUT2D eigenvalue weighted by molar-refractivity contribution is -0.171. The molecule has 0 aliphatic carbocycles. The highest BCUT2D eigenvalue weighted by Crippen LogP contribution is 2.07. The van der Waals surface area contributed by atoms with E-state index in [2.05, 4.69) is 0 Å². The summed E-state index contributed by atoms with van der Waals surface area (Å²) in [6.07, 6.45) is -0.901. The predicted octanol–water partition coefficient (Wildman–Crippen LogP) is -0.115. The van der Waals surface area contributed by atoms with E-state index < -0.39 is 18.2 Å². The highest BCUT2D eigenvalue weighted by molar-refractivity contribution is 5.92. The first-order valence-corrected chi connectivity index (χ1v) is 6.54. The smallest absolute Gasteiger partial charge is 0.338 e. The molecule has 0 radical (unpaired) electrons. The molecular weight excluding hydrogens is 296 g/mol. The Bertz CT molecular complexity index is 462.